The first-order valence-electron chi connectivity index (χ1n) is 6.36. The zero-order chi connectivity index (χ0) is 13.8. The van der Waals surface area contributed by atoms with Crippen molar-refractivity contribution in [2.75, 3.05) is 0 Å². The molecule has 1 heterocycles. The molecule has 2 rings (SSSR count). The number of rotatable bonds is 4. The lowest BCUT2D eigenvalue weighted by Gasteiger charge is -2.07. The molecule has 0 saturated heterocycles. The molecule has 98 valence electrons. The van der Waals surface area contributed by atoms with Crippen LogP contribution in [-0.4, -0.2) is 16.1 Å². The molecule has 0 amide bonds. The molecule has 1 aromatic heterocycles. The van der Waals surface area contributed by atoms with E-state index >= 15 is 0 Å². The van der Waals surface area contributed by atoms with Crippen LogP contribution < -0.4 is 0 Å². The molecule has 0 spiro atoms. The third kappa shape index (κ3) is 3.19. The fraction of sp³-hybridized carbons (Fsp3) is 0.250. The van der Waals surface area contributed by atoms with Crippen molar-refractivity contribution in [3.05, 3.63) is 64.5 Å². The SMILES string of the molecule is CCc1ccc(Cc2ccc(C(=O)O)cc2C)nc1. The molecule has 0 saturated carbocycles. The van der Waals surface area contributed by atoms with Crippen LogP contribution >= 0.6 is 0 Å². The Kier molecular flexibility index (Phi) is 3.95. The molecule has 0 aliphatic carbocycles. The van der Waals surface area contributed by atoms with Crippen LogP contribution in [0.5, 0.6) is 0 Å². The number of aromatic carboxylic acids is 1. The van der Waals surface area contributed by atoms with Crippen LogP contribution in [0, 0.1) is 6.92 Å². The van der Waals surface area contributed by atoms with E-state index in [-0.39, 0.29) is 0 Å². The molecule has 0 aliphatic rings. The predicted molar refractivity (Wildman–Crippen MR) is 74.6 cm³/mol. The maximum absolute atomic E-state index is 10.9. The van der Waals surface area contributed by atoms with Crippen molar-refractivity contribution >= 4 is 5.97 Å². The standard InChI is InChI=1S/C16H17NO2/c1-3-12-4-7-15(17-10-12)9-13-5-6-14(16(18)19)8-11(13)2/h4-8,10H,3,9H2,1-2H3,(H,18,19). The van der Waals surface area contributed by atoms with E-state index in [1.165, 1.54) is 5.56 Å². The van der Waals surface area contributed by atoms with E-state index in [0.29, 0.717) is 5.56 Å². The number of carboxylic acid groups (broad SMARTS) is 1. The van der Waals surface area contributed by atoms with Gasteiger partial charge < -0.3 is 5.11 Å². The molecule has 0 atom stereocenters. The smallest absolute Gasteiger partial charge is 0.335 e. The second-order valence-electron chi connectivity index (χ2n) is 4.63. The molecule has 1 N–H and O–H groups in total. The highest BCUT2D eigenvalue weighted by Gasteiger charge is 2.06. The highest BCUT2D eigenvalue weighted by molar-refractivity contribution is 5.87. The van der Waals surface area contributed by atoms with Crippen LogP contribution in [0.2, 0.25) is 0 Å². The van der Waals surface area contributed by atoms with E-state index in [9.17, 15) is 4.79 Å². The third-order valence-electron chi connectivity index (χ3n) is 3.26. The highest BCUT2D eigenvalue weighted by Crippen LogP contribution is 2.15. The summed E-state index contributed by atoms with van der Waals surface area (Å²) >= 11 is 0. The maximum Gasteiger partial charge on any atom is 0.335 e. The number of nitrogens with zero attached hydrogens (tertiary/aromatic N) is 1. The van der Waals surface area contributed by atoms with Gasteiger partial charge in [0, 0.05) is 18.3 Å². The predicted octanol–water partition coefficient (Wildman–Crippen LogP) is 3.24. The number of carbonyl (C=O) groups is 1. The van der Waals surface area contributed by atoms with Gasteiger partial charge in [-0.25, -0.2) is 4.79 Å². The lowest BCUT2D eigenvalue weighted by molar-refractivity contribution is 0.0697. The number of aromatic nitrogens is 1. The second kappa shape index (κ2) is 5.65. The summed E-state index contributed by atoms with van der Waals surface area (Å²) in [5.74, 6) is -0.889. The van der Waals surface area contributed by atoms with E-state index in [0.717, 1.165) is 29.7 Å². The molecule has 0 aliphatic heterocycles. The first kappa shape index (κ1) is 13.3. The van der Waals surface area contributed by atoms with E-state index < -0.39 is 5.97 Å². The topological polar surface area (TPSA) is 50.2 Å². The second-order valence-corrected chi connectivity index (χ2v) is 4.63. The number of aryl methyl sites for hydroxylation is 2. The number of hydrogen-bond donors (Lipinski definition) is 1. The summed E-state index contributed by atoms with van der Waals surface area (Å²) in [5.41, 5.74) is 4.66. The summed E-state index contributed by atoms with van der Waals surface area (Å²) in [6.45, 7) is 4.04. The first-order valence-corrected chi connectivity index (χ1v) is 6.36. The Morgan fingerprint density at radius 3 is 2.58 bits per heavy atom. The van der Waals surface area contributed by atoms with Crippen LogP contribution in [0.3, 0.4) is 0 Å². The monoisotopic (exact) mass is 255 g/mol. The average molecular weight is 255 g/mol. The Morgan fingerprint density at radius 2 is 2.05 bits per heavy atom. The average Bonchev–Trinajstić information content (AvgIpc) is 2.41. The van der Waals surface area contributed by atoms with Crippen molar-refractivity contribution in [3.8, 4) is 0 Å². The zero-order valence-electron chi connectivity index (χ0n) is 11.2. The Labute approximate surface area is 112 Å². The summed E-state index contributed by atoms with van der Waals surface area (Å²) in [7, 11) is 0. The fourth-order valence-corrected chi connectivity index (χ4v) is 1.99. The van der Waals surface area contributed by atoms with Gasteiger partial charge in [0.1, 0.15) is 0 Å². The van der Waals surface area contributed by atoms with Gasteiger partial charge in [0.2, 0.25) is 0 Å². The van der Waals surface area contributed by atoms with Crippen LogP contribution in [-0.2, 0) is 12.8 Å². The summed E-state index contributed by atoms with van der Waals surface area (Å²) in [4.78, 5) is 15.3. The molecule has 2 aromatic rings. The van der Waals surface area contributed by atoms with Crippen molar-refractivity contribution in [3.63, 3.8) is 0 Å². The Bertz CT molecular complexity index is 588. The van der Waals surface area contributed by atoms with Gasteiger partial charge in [-0.15, -0.1) is 0 Å². The Hall–Kier alpha value is -2.16. The van der Waals surface area contributed by atoms with Gasteiger partial charge in [-0.2, -0.15) is 0 Å². The van der Waals surface area contributed by atoms with E-state index in [1.54, 1.807) is 12.1 Å². The minimum absolute atomic E-state index is 0.329. The molecule has 3 heteroatoms. The van der Waals surface area contributed by atoms with Gasteiger partial charge in [-0.1, -0.05) is 19.1 Å². The fourth-order valence-electron chi connectivity index (χ4n) is 1.99. The number of pyridine rings is 1. The maximum atomic E-state index is 10.9. The van der Waals surface area contributed by atoms with Crippen LogP contribution in [0.15, 0.2) is 36.5 Å². The lowest BCUT2D eigenvalue weighted by Crippen LogP contribution is -2.00. The van der Waals surface area contributed by atoms with Crippen molar-refractivity contribution in [1.29, 1.82) is 0 Å². The molecular formula is C16H17NO2. The van der Waals surface area contributed by atoms with Crippen molar-refractivity contribution in [1.82, 2.24) is 4.98 Å². The van der Waals surface area contributed by atoms with Gasteiger partial charge in [0.15, 0.2) is 0 Å². The minimum atomic E-state index is -0.889. The molecule has 3 nitrogen and oxygen atoms in total. The minimum Gasteiger partial charge on any atom is -0.478 e. The molecule has 0 fully saturated rings. The molecule has 0 unspecified atom stereocenters. The number of hydrogen-bond acceptors (Lipinski definition) is 2. The highest BCUT2D eigenvalue weighted by atomic mass is 16.4. The third-order valence-corrected chi connectivity index (χ3v) is 3.26. The van der Waals surface area contributed by atoms with Crippen LogP contribution in [0.4, 0.5) is 0 Å². The number of benzene rings is 1. The summed E-state index contributed by atoms with van der Waals surface area (Å²) in [5, 5.41) is 8.94. The quantitative estimate of drug-likeness (QED) is 0.912. The summed E-state index contributed by atoms with van der Waals surface area (Å²) in [6.07, 6.45) is 3.62. The van der Waals surface area contributed by atoms with Gasteiger partial charge in [0.05, 0.1) is 5.56 Å². The Balaban J connectivity index is 2.20. The van der Waals surface area contributed by atoms with E-state index in [1.807, 2.05) is 25.3 Å². The molecule has 1 aromatic carbocycles. The van der Waals surface area contributed by atoms with Gasteiger partial charge in [0.25, 0.3) is 0 Å². The Morgan fingerprint density at radius 1 is 1.26 bits per heavy atom. The lowest BCUT2D eigenvalue weighted by atomic mass is 10.0. The van der Waals surface area contributed by atoms with Crippen molar-refractivity contribution < 1.29 is 9.90 Å². The molecular weight excluding hydrogens is 238 g/mol. The first-order chi connectivity index (χ1) is 9.10. The van der Waals surface area contributed by atoms with Gasteiger partial charge >= 0.3 is 5.97 Å². The normalized spacial score (nSPS) is 10.4. The zero-order valence-corrected chi connectivity index (χ0v) is 11.2. The van der Waals surface area contributed by atoms with E-state index in [4.69, 9.17) is 5.11 Å². The number of carboxylic acids is 1. The molecule has 0 bridgehead atoms. The van der Waals surface area contributed by atoms with Crippen molar-refractivity contribution in [2.24, 2.45) is 0 Å². The van der Waals surface area contributed by atoms with Crippen molar-refractivity contribution in [2.45, 2.75) is 26.7 Å². The summed E-state index contributed by atoms with van der Waals surface area (Å²) < 4.78 is 0. The van der Waals surface area contributed by atoms with Gasteiger partial charge in [-0.3, -0.25) is 4.98 Å². The largest absolute Gasteiger partial charge is 0.478 e. The van der Waals surface area contributed by atoms with Crippen LogP contribution in [0.25, 0.3) is 0 Å². The summed E-state index contributed by atoms with van der Waals surface area (Å²) in [6, 6.07) is 9.34. The van der Waals surface area contributed by atoms with Gasteiger partial charge in [-0.05, 0) is 48.2 Å². The molecule has 0 radical (unpaired) electrons. The van der Waals surface area contributed by atoms with Crippen LogP contribution in [0.1, 0.15) is 39.7 Å². The molecule has 19 heavy (non-hydrogen) atoms. The van der Waals surface area contributed by atoms with E-state index in [2.05, 4.69) is 18.0 Å².